The fourth-order valence-corrected chi connectivity index (χ4v) is 4.28. The second-order valence-corrected chi connectivity index (χ2v) is 8.16. The highest BCUT2D eigenvalue weighted by Gasteiger charge is 2.22. The molecular weight excluding hydrogens is 422 g/mol. The second kappa shape index (κ2) is 10.4. The van der Waals surface area contributed by atoms with Crippen LogP contribution in [0.15, 0.2) is 41.5 Å². The summed E-state index contributed by atoms with van der Waals surface area (Å²) in [6.45, 7) is 0.639. The van der Waals surface area contributed by atoms with E-state index in [1.165, 1.54) is 19.7 Å². The van der Waals surface area contributed by atoms with E-state index in [2.05, 4.69) is 20.8 Å². The minimum atomic E-state index is -0.573. The van der Waals surface area contributed by atoms with Gasteiger partial charge in [-0.25, -0.2) is 10.5 Å². The SMILES string of the molecule is CONC(=O)c1cn(C2CCCCC2)c2nc(NCCc3ccc(OC)cc3)ncc2c1=O. The number of hydroxylamine groups is 1. The predicted octanol–water partition coefficient (Wildman–Crippen LogP) is 3.25. The summed E-state index contributed by atoms with van der Waals surface area (Å²) in [5, 5.41) is 3.58. The first kappa shape index (κ1) is 22.7. The van der Waals surface area contributed by atoms with Crippen LogP contribution < -0.4 is 21.0 Å². The van der Waals surface area contributed by atoms with Crippen molar-refractivity contribution in [2.24, 2.45) is 0 Å². The molecule has 174 valence electrons. The number of carbonyl (C=O) groups excluding carboxylic acids is 1. The lowest BCUT2D eigenvalue weighted by atomic mass is 9.95. The number of hydrogen-bond acceptors (Lipinski definition) is 7. The van der Waals surface area contributed by atoms with Crippen LogP contribution in [0.5, 0.6) is 5.75 Å². The Hall–Kier alpha value is -3.46. The Morgan fingerprint density at radius 1 is 1.15 bits per heavy atom. The Balaban J connectivity index is 1.62. The van der Waals surface area contributed by atoms with Crippen LogP contribution in [0.3, 0.4) is 0 Å². The number of anilines is 1. The van der Waals surface area contributed by atoms with Gasteiger partial charge in [0.2, 0.25) is 11.4 Å². The van der Waals surface area contributed by atoms with Gasteiger partial charge in [0.15, 0.2) is 0 Å². The van der Waals surface area contributed by atoms with E-state index in [4.69, 9.17) is 9.57 Å². The molecule has 0 aliphatic heterocycles. The third-order valence-corrected chi connectivity index (χ3v) is 6.03. The first-order chi connectivity index (χ1) is 16.1. The molecule has 4 rings (SSSR count). The van der Waals surface area contributed by atoms with Crippen molar-refractivity contribution < 1.29 is 14.4 Å². The molecule has 0 unspecified atom stereocenters. The Morgan fingerprint density at radius 3 is 2.61 bits per heavy atom. The van der Waals surface area contributed by atoms with Gasteiger partial charge >= 0.3 is 0 Å². The summed E-state index contributed by atoms with van der Waals surface area (Å²) in [5.41, 5.74) is 3.57. The van der Waals surface area contributed by atoms with Gasteiger partial charge in [-0.1, -0.05) is 31.4 Å². The van der Waals surface area contributed by atoms with Crippen LogP contribution in [-0.2, 0) is 11.3 Å². The molecule has 1 fully saturated rings. The molecule has 3 aromatic rings. The lowest BCUT2D eigenvalue weighted by Gasteiger charge is -2.26. The smallest absolute Gasteiger partial charge is 0.280 e. The molecule has 1 aliphatic carbocycles. The lowest BCUT2D eigenvalue weighted by Crippen LogP contribution is -2.30. The highest BCUT2D eigenvalue weighted by atomic mass is 16.6. The minimum Gasteiger partial charge on any atom is -0.497 e. The van der Waals surface area contributed by atoms with Crippen molar-refractivity contribution in [2.75, 3.05) is 26.1 Å². The maximum Gasteiger partial charge on any atom is 0.280 e. The summed E-state index contributed by atoms with van der Waals surface area (Å²) in [6, 6.07) is 8.09. The number of carbonyl (C=O) groups is 1. The number of amides is 1. The molecule has 0 saturated heterocycles. The van der Waals surface area contributed by atoms with Crippen molar-refractivity contribution in [3.8, 4) is 5.75 Å². The van der Waals surface area contributed by atoms with E-state index in [1.807, 2.05) is 28.8 Å². The standard InChI is InChI=1S/C24H29N5O4/c1-32-18-10-8-16(9-11-18)12-13-25-24-26-14-19-21(30)20(23(31)28-33-2)15-29(22(19)27-24)17-6-4-3-5-7-17/h8-11,14-15,17H,3-7,12-13H2,1-2H3,(H,28,31)(H,25,26,27). The summed E-state index contributed by atoms with van der Waals surface area (Å²) >= 11 is 0. The van der Waals surface area contributed by atoms with Gasteiger partial charge in [-0.2, -0.15) is 4.98 Å². The zero-order chi connectivity index (χ0) is 23.2. The van der Waals surface area contributed by atoms with Crippen LogP contribution >= 0.6 is 0 Å². The second-order valence-electron chi connectivity index (χ2n) is 8.16. The van der Waals surface area contributed by atoms with E-state index in [9.17, 15) is 9.59 Å². The Kier molecular flexibility index (Phi) is 7.19. The molecule has 1 saturated carbocycles. The van der Waals surface area contributed by atoms with E-state index in [0.717, 1.165) is 43.4 Å². The van der Waals surface area contributed by atoms with Crippen LogP contribution in [0, 0.1) is 0 Å². The van der Waals surface area contributed by atoms with E-state index in [1.54, 1.807) is 13.3 Å². The van der Waals surface area contributed by atoms with Gasteiger partial charge in [-0.3, -0.25) is 14.4 Å². The van der Waals surface area contributed by atoms with E-state index in [-0.39, 0.29) is 11.6 Å². The monoisotopic (exact) mass is 451 g/mol. The Labute approximate surface area is 192 Å². The third kappa shape index (κ3) is 5.14. The molecule has 0 radical (unpaired) electrons. The predicted molar refractivity (Wildman–Crippen MR) is 126 cm³/mol. The van der Waals surface area contributed by atoms with Crippen molar-refractivity contribution in [1.82, 2.24) is 20.0 Å². The van der Waals surface area contributed by atoms with Crippen molar-refractivity contribution in [3.63, 3.8) is 0 Å². The molecule has 1 aromatic carbocycles. The van der Waals surface area contributed by atoms with Crippen molar-refractivity contribution in [3.05, 3.63) is 58.0 Å². The highest BCUT2D eigenvalue weighted by molar-refractivity contribution is 5.96. The third-order valence-electron chi connectivity index (χ3n) is 6.03. The average molecular weight is 452 g/mol. The minimum absolute atomic E-state index is 0.0266. The summed E-state index contributed by atoms with van der Waals surface area (Å²) in [7, 11) is 2.99. The average Bonchev–Trinajstić information content (AvgIpc) is 2.85. The van der Waals surface area contributed by atoms with Gasteiger partial charge in [0.1, 0.15) is 17.0 Å². The van der Waals surface area contributed by atoms with Gasteiger partial charge in [0.05, 0.1) is 19.6 Å². The number of methoxy groups -OCH3 is 1. The van der Waals surface area contributed by atoms with Gasteiger partial charge in [0, 0.05) is 25.0 Å². The molecule has 2 N–H and O–H groups in total. The molecule has 33 heavy (non-hydrogen) atoms. The summed E-state index contributed by atoms with van der Waals surface area (Å²) in [6.07, 6.45) is 9.27. The Bertz CT molecular complexity index is 1170. The molecule has 9 nitrogen and oxygen atoms in total. The van der Waals surface area contributed by atoms with E-state index < -0.39 is 11.3 Å². The highest BCUT2D eigenvalue weighted by Crippen LogP contribution is 2.30. The molecule has 0 bridgehead atoms. The molecule has 0 spiro atoms. The molecule has 2 aromatic heterocycles. The number of nitrogens with zero attached hydrogens (tertiary/aromatic N) is 3. The van der Waals surface area contributed by atoms with E-state index in [0.29, 0.717) is 23.5 Å². The normalized spacial score (nSPS) is 14.2. The van der Waals surface area contributed by atoms with Crippen LogP contribution in [0.2, 0.25) is 0 Å². The Morgan fingerprint density at radius 2 is 1.91 bits per heavy atom. The number of benzene rings is 1. The molecule has 0 atom stereocenters. The summed E-state index contributed by atoms with van der Waals surface area (Å²) in [4.78, 5) is 39.2. The first-order valence-corrected chi connectivity index (χ1v) is 11.2. The fourth-order valence-electron chi connectivity index (χ4n) is 4.28. The van der Waals surface area contributed by atoms with Crippen molar-refractivity contribution in [1.29, 1.82) is 0 Å². The van der Waals surface area contributed by atoms with Crippen molar-refractivity contribution in [2.45, 2.75) is 44.6 Å². The van der Waals surface area contributed by atoms with Gasteiger partial charge in [0.25, 0.3) is 5.91 Å². The maximum absolute atomic E-state index is 13.0. The number of hydrogen-bond donors (Lipinski definition) is 2. The first-order valence-electron chi connectivity index (χ1n) is 11.2. The van der Waals surface area contributed by atoms with Crippen LogP contribution in [0.1, 0.15) is 54.1 Å². The number of aromatic nitrogens is 3. The van der Waals surface area contributed by atoms with Gasteiger partial charge in [-0.05, 0) is 37.0 Å². The molecule has 1 aliphatic rings. The van der Waals surface area contributed by atoms with E-state index >= 15 is 0 Å². The van der Waals surface area contributed by atoms with Crippen LogP contribution in [-0.4, -0.2) is 41.2 Å². The largest absolute Gasteiger partial charge is 0.497 e. The lowest BCUT2D eigenvalue weighted by molar-refractivity contribution is 0.0535. The van der Waals surface area contributed by atoms with Gasteiger partial charge < -0.3 is 14.6 Å². The number of pyridine rings is 1. The summed E-state index contributed by atoms with van der Waals surface area (Å²) < 4.78 is 7.16. The number of rotatable bonds is 8. The molecular formula is C24H29N5O4. The zero-order valence-corrected chi connectivity index (χ0v) is 19.0. The molecule has 9 heteroatoms. The number of ether oxygens (including phenoxy) is 1. The molecule has 2 heterocycles. The molecule has 1 amide bonds. The number of nitrogens with one attached hydrogen (secondary N) is 2. The fraction of sp³-hybridized carbons (Fsp3) is 0.417. The summed E-state index contributed by atoms with van der Waals surface area (Å²) in [5.74, 6) is 0.702. The zero-order valence-electron chi connectivity index (χ0n) is 19.0. The number of fused-ring (bicyclic) bond motifs is 1. The topological polar surface area (TPSA) is 107 Å². The van der Waals surface area contributed by atoms with Crippen LogP contribution in [0.25, 0.3) is 11.0 Å². The van der Waals surface area contributed by atoms with Crippen molar-refractivity contribution >= 4 is 22.9 Å². The quantitative estimate of drug-likeness (QED) is 0.506. The van der Waals surface area contributed by atoms with Crippen LogP contribution in [0.4, 0.5) is 5.95 Å². The van der Waals surface area contributed by atoms with Gasteiger partial charge in [-0.15, -0.1) is 0 Å². The maximum atomic E-state index is 13.0.